The van der Waals surface area contributed by atoms with Crippen molar-refractivity contribution >= 4 is 6.03 Å². The lowest BCUT2D eigenvalue weighted by Crippen LogP contribution is -2.48. The third kappa shape index (κ3) is 5.13. The van der Waals surface area contributed by atoms with Gasteiger partial charge in [-0.15, -0.1) is 0 Å². The summed E-state index contributed by atoms with van der Waals surface area (Å²) in [5, 5.41) is 16.1. The molecule has 2 atom stereocenters. The number of rotatable bonds is 5. The Morgan fingerprint density at radius 2 is 1.95 bits per heavy atom. The zero-order chi connectivity index (χ0) is 16.0. The quantitative estimate of drug-likeness (QED) is 0.727. The Labute approximate surface area is 134 Å². The first kappa shape index (κ1) is 17.5. The van der Waals surface area contributed by atoms with Crippen molar-refractivity contribution in [1.82, 2.24) is 15.5 Å². The van der Waals surface area contributed by atoms with Gasteiger partial charge in [-0.05, 0) is 58.2 Å². The maximum atomic E-state index is 11.9. The molecule has 1 saturated carbocycles. The lowest BCUT2D eigenvalue weighted by molar-refractivity contribution is 0.00309. The Bertz CT molecular complexity index is 356. The number of carbonyl (C=O) groups excluding carboxylic acids is 1. The highest BCUT2D eigenvalue weighted by atomic mass is 16.3. The van der Waals surface area contributed by atoms with Gasteiger partial charge in [0.1, 0.15) is 0 Å². The summed E-state index contributed by atoms with van der Waals surface area (Å²) >= 11 is 0. The molecule has 1 saturated heterocycles. The molecule has 2 fully saturated rings. The molecule has 2 amide bonds. The van der Waals surface area contributed by atoms with E-state index in [-0.39, 0.29) is 17.6 Å². The fraction of sp³-hybridized carbons (Fsp3) is 0.941. The van der Waals surface area contributed by atoms with Crippen molar-refractivity contribution in [3.8, 4) is 0 Å². The molecule has 128 valence electrons. The van der Waals surface area contributed by atoms with E-state index >= 15 is 0 Å². The van der Waals surface area contributed by atoms with Crippen LogP contribution in [-0.4, -0.2) is 55.4 Å². The minimum Gasteiger partial charge on any atom is -0.392 e. The Morgan fingerprint density at radius 3 is 2.64 bits per heavy atom. The van der Waals surface area contributed by atoms with E-state index in [2.05, 4.69) is 29.5 Å². The third-order valence-electron chi connectivity index (χ3n) is 5.61. The molecule has 1 aliphatic heterocycles. The van der Waals surface area contributed by atoms with Crippen LogP contribution in [0.2, 0.25) is 0 Å². The van der Waals surface area contributed by atoms with Crippen LogP contribution in [0.1, 0.15) is 51.9 Å². The Balaban J connectivity index is 1.59. The summed E-state index contributed by atoms with van der Waals surface area (Å²) in [4.78, 5) is 14.3. The monoisotopic (exact) mass is 311 g/mol. The van der Waals surface area contributed by atoms with Crippen LogP contribution in [0.15, 0.2) is 0 Å². The van der Waals surface area contributed by atoms with Crippen molar-refractivity contribution in [3.63, 3.8) is 0 Å². The van der Waals surface area contributed by atoms with Crippen molar-refractivity contribution in [2.24, 2.45) is 11.3 Å². The van der Waals surface area contributed by atoms with Gasteiger partial charge in [0.25, 0.3) is 0 Å². The molecule has 0 bridgehead atoms. The summed E-state index contributed by atoms with van der Waals surface area (Å²) in [6.07, 6.45) is 7.35. The molecule has 5 heteroatoms. The van der Waals surface area contributed by atoms with Gasteiger partial charge >= 0.3 is 6.03 Å². The molecule has 1 aliphatic carbocycles. The first-order valence-corrected chi connectivity index (χ1v) is 8.88. The largest absolute Gasteiger partial charge is 0.392 e. The number of aliphatic hydroxyl groups excluding tert-OH is 1. The molecule has 0 radical (unpaired) electrons. The second kappa shape index (κ2) is 8.16. The van der Waals surface area contributed by atoms with Crippen LogP contribution < -0.4 is 10.6 Å². The van der Waals surface area contributed by atoms with Crippen LogP contribution in [-0.2, 0) is 0 Å². The summed E-state index contributed by atoms with van der Waals surface area (Å²) in [6.45, 7) is 5.74. The number of amides is 2. The van der Waals surface area contributed by atoms with Crippen molar-refractivity contribution in [2.45, 2.75) is 58.0 Å². The van der Waals surface area contributed by atoms with E-state index in [4.69, 9.17) is 0 Å². The number of carbonyl (C=O) groups is 1. The number of likely N-dealkylation sites (tertiary alicyclic amines) is 1. The molecule has 0 aromatic carbocycles. The summed E-state index contributed by atoms with van der Waals surface area (Å²) in [6, 6.07) is -0.0908. The van der Waals surface area contributed by atoms with Crippen LogP contribution in [0, 0.1) is 11.3 Å². The summed E-state index contributed by atoms with van der Waals surface area (Å²) in [7, 11) is 2.17. The Hall–Kier alpha value is -0.810. The van der Waals surface area contributed by atoms with E-state index in [0.717, 1.165) is 44.6 Å². The number of aliphatic hydroxyl groups is 1. The number of hydrogen-bond acceptors (Lipinski definition) is 3. The van der Waals surface area contributed by atoms with E-state index in [9.17, 15) is 9.90 Å². The first-order valence-electron chi connectivity index (χ1n) is 8.88. The molecule has 0 aromatic heterocycles. The van der Waals surface area contributed by atoms with Gasteiger partial charge in [-0.3, -0.25) is 0 Å². The van der Waals surface area contributed by atoms with Gasteiger partial charge in [0.05, 0.1) is 6.10 Å². The van der Waals surface area contributed by atoms with Gasteiger partial charge in [-0.25, -0.2) is 4.79 Å². The predicted octanol–water partition coefficient (Wildman–Crippen LogP) is 1.96. The maximum absolute atomic E-state index is 11.9. The molecule has 0 spiro atoms. The van der Waals surface area contributed by atoms with Crippen LogP contribution >= 0.6 is 0 Å². The molecular weight excluding hydrogens is 278 g/mol. The van der Waals surface area contributed by atoms with Crippen molar-refractivity contribution in [2.75, 3.05) is 33.2 Å². The van der Waals surface area contributed by atoms with Gasteiger partial charge in [-0.1, -0.05) is 19.8 Å². The van der Waals surface area contributed by atoms with Crippen LogP contribution in [0.4, 0.5) is 4.79 Å². The van der Waals surface area contributed by atoms with E-state index < -0.39 is 0 Å². The van der Waals surface area contributed by atoms with Crippen LogP contribution in [0.3, 0.4) is 0 Å². The molecule has 0 aromatic rings. The second-order valence-corrected chi connectivity index (χ2v) is 7.56. The third-order valence-corrected chi connectivity index (χ3v) is 5.61. The van der Waals surface area contributed by atoms with Gasteiger partial charge in [0.2, 0.25) is 0 Å². The molecule has 2 rings (SSSR count). The minimum atomic E-state index is -0.291. The van der Waals surface area contributed by atoms with Gasteiger partial charge in [-0.2, -0.15) is 0 Å². The smallest absolute Gasteiger partial charge is 0.314 e. The van der Waals surface area contributed by atoms with Gasteiger partial charge < -0.3 is 20.6 Å². The van der Waals surface area contributed by atoms with E-state index in [0.29, 0.717) is 6.54 Å². The summed E-state index contributed by atoms with van der Waals surface area (Å²) < 4.78 is 0. The molecule has 2 aliphatic rings. The van der Waals surface area contributed by atoms with E-state index in [1.807, 2.05) is 0 Å². The van der Waals surface area contributed by atoms with Crippen molar-refractivity contribution in [1.29, 1.82) is 0 Å². The minimum absolute atomic E-state index is 0.0908. The molecule has 2 unspecified atom stereocenters. The van der Waals surface area contributed by atoms with Gasteiger partial charge in [0.15, 0.2) is 0 Å². The van der Waals surface area contributed by atoms with Gasteiger partial charge in [0, 0.05) is 18.5 Å². The van der Waals surface area contributed by atoms with Crippen molar-refractivity contribution in [3.05, 3.63) is 0 Å². The summed E-state index contributed by atoms with van der Waals surface area (Å²) in [5.74, 6) is 0.745. The second-order valence-electron chi connectivity index (χ2n) is 7.56. The van der Waals surface area contributed by atoms with Crippen LogP contribution in [0.5, 0.6) is 0 Å². The number of nitrogens with one attached hydrogen (secondary N) is 2. The standard InChI is InChI=1S/C17H33N3O2/c1-17(9-4-3-5-15(17)21)13-19-16(22)18-10-6-14-7-11-20(2)12-8-14/h14-15,21H,3-13H2,1-2H3,(H2,18,19,22). The van der Waals surface area contributed by atoms with E-state index in [1.165, 1.54) is 25.9 Å². The topological polar surface area (TPSA) is 64.6 Å². The molecule has 22 heavy (non-hydrogen) atoms. The van der Waals surface area contributed by atoms with E-state index in [1.54, 1.807) is 0 Å². The SMILES string of the molecule is CN1CCC(CCNC(=O)NCC2(C)CCCCC2O)CC1. The summed E-state index contributed by atoms with van der Waals surface area (Å²) in [5.41, 5.74) is -0.163. The lowest BCUT2D eigenvalue weighted by atomic mass is 9.73. The highest BCUT2D eigenvalue weighted by Gasteiger charge is 2.35. The Kier molecular flexibility index (Phi) is 6.50. The van der Waals surface area contributed by atoms with Crippen molar-refractivity contribution < 1.29 is 9.90 Å². The maximum Gasteiger partial charge on any atom is 0.314 e. The normalized spacial score (nSPS) is 31.0. The number of urea groups is 1. The highest BCUT2D eigenvalue weighted by molar-refractivity contribution is 5.73. The average molecular weight is 311 g/mol. The predicted molar refractivity (Wildman–Crippen MR) is 88.8 cm³/mol. The molecule has 3 N–H and O–H groups in total. The number of piperidine rings is 1. The average Bonchev–Trinajstić information content (AvgIpc) is 2.51. The Morgan fingerprint density at radius 1 is 1.23 bits per heavy atom. The van der Waals surface area contributed by atoms with Crippen LogP contribution in [0.25, 0.3) is 0 Å². The number of hydrogen-bond donors (Lipinski definition) is 3. The zero-order valence-corrected chi connectivity index (χ0v) is 14.2. The fourth-order valence-corrected chi connectivity index (χ4v) is 3.67. The lowest BCUT2D eigenvalue weighted by Gasteiger charge is -2.38. The molecular formula is C17H33N3O2. The zero-order valence-electron chi connectivity index (χ0n) is 14.2. The first-order chi connectivity index (χ1) is 10.5. The highest BCUT2D eigenvalue weighted by Crippen LogP contribution is 2.35. The fourth-order valence-electron chi connectivity index (χ4n) is 3.67. The number of nitrogens with zero attached hydrogens (tertiary/aromatic N) is 1. The molecule has 5 nitrogen and oxygen atoms in total. The molecule has 1 heterocycles.